The quantitative estimate of drug-likeness (QED) is 0.872. The molecule has 24 heavy (non-hydrogen) atoms. The average molecular weight is 375 g/mol. The molecule has 1 atom stereocenters. The minimum atomic E-state index is -0.503. The number of hydrogen-bond donors (Lipinski definition) is 1. The number of halogens is 2. The highest BCUT2D eigenvalue weighted by molar-refractivity contribution is 6.42. The Morgan fingerprint density at radius 2 is 2.12 bits per heavy atom. The summed E-state index contributed by atoms with van der Waals surface area (Å²) in [5, 5.41) is 3.88. The van der Waals surface area contributed by atoms with Gasteiger partial charge in [0.1, 0.15) is 5.60 Å². The Balaban J connectivity index is 1.81. The first-order valence-electron chi connectivity index (χ1n) is 7.98. The zero-order valence-electron chi connectivity index (χ0n) is 14.3. The van der Waals surface area contributed by atoms with Crippen LogP contribution in [0, 0.1) is 0 Å². The first-order valence-corrected chi connectivity index (χ1v) is 8.73. The van der Waals surface area contributed by atoms with Crippen LogP contribution in [0.4, 0.5) is 4.79 Å². The van der Waals surface area contributed by atoms with E-state index < -0.39 is 11.7 Å². The van der Waals surface area contributed by atoms with Gasteiger partial charge in [-0.05, 0) is 38.5 Å². The van der Waals surface area contributed by atoms with Gasteiger partial charge >= 0.3 is 6.09 Å². The van der Waals surface area contributed by atoms with E-state index >= 15 is 0 Å². The standard InChI is InChI=1S/C17H24Cl2N2O3/c1-17(2,3)24-16(22)20-9-13-11-21(6-7-23-13)10-12-4-5-14(18)15(19)8-12/h4-5,8,13H,6-7,9-11H2,1-3H3,(H,20,22). The highest BCUT2D eigenvalue weighted by Gasteiger charge is 2.22. The lowest BCUT2D eigenvalue weighted by Crippen LogP contribution is -2.47. The van der Waals surface area contributed by atoms with Crippen molar-refractivity contribution in [3.63, 3.8) is 0 Å². The summed E-state index contributed by atoms with van der Waals surface area (Å²) in [6.45, 7) is 8.89. The largest absolute Gasteiger partial charge is 0.444 e. The second kappa shape index (κ2) is 8.39. The van der Waals surface area contributed by atoms with Crippen LogP contribution in [-0.2, 0) is 16.0 Å². The molecule has 2 rings (SSSR count). The third-order valence-electron chi connectivity index (χ3n) is 3.49. The normalized spacial score (nSPS) is 19.1. The van der Waals surface area contributed by atoms with Crippen LogP contribution in [0.5, 0.6) is 0 Å². The van der Waals surface area contributed by atoms with Crippen LogP contribution < -0.4 is 5.32 Å². The third kappa shape index (κ3) is 6.48. The second-order valence-electron chi connectivity index (χ2n) is 6.86. The number of carbonyl (C=O) groups excluding carboxylic acids is 1. The van der Waals surface area contributed by atoms with E-state index in [0.717, 1.165) is 25.2 Å². The molecule has 1 aromatic rings. The summed E-state index contributed by atoms with van der Waals surface area (Å²) >= 11 is 12.0. The minimum Gasteiger partial charge on any atom is -0.444 e. The Morgan fingerprint density at radius 3 is 2.79 bits per heavy atom. The average Bonchev–Trinajstić information content (AvgIpc) is 2.48. The molecule has 1 amide bonds. The van der Waals surface area contributed by atoms with Crippen molar-refractivity contribution in [1.29, 1.82) is 0 Å². The lowest BCUT2D eigenvalue weighted by Gasteiger charge is -2.33. The highest BCUT2D eigenvalue weighted by atomic mass is 35.5. The van der Waals surface area contributed by atoms with Gasteiger partial charge in [0, 0.05) is 26.2 Å². The maximum absolute atomic E-state index is 11.7. The second-order valence-corrected chi connectivity index (χ2v) is 7.67. The predicted octanol–water partition coefficient (Wildman–Crippen LogP) is 3.72. The topological polar surface area (TPSA) is 50.8 Å². The molecule has 0 radical (unpaired) electrons. The van der Waals surface area contributed by atoms with Gasteiger partial charge < -0.3 is 14.8 Å². The number of ether oxygens (including phenoxy) is 2. The van der Waals surface area contributed by atoms with Crippen molar-refractivity contribution in [2.24, 2.45) is 0 Å². The van der Waals surface area contributed by atoms with E-state index in [4.69, 9.17) is 32.7 Å². The minimum absolute atomic E-state index is 0.0611. The van der Waals surface area contributed by atoms with E-state index in [0.29, 0.717) is 23.2 Å². The summed E-state index contributed by atoms with van der Waals surface area (Å²) in [7, 11) is 0. The van der Waals surface area contributed by atoms with Gasteiger partial charge in [-0.15, -0.1) is 0 Å². The molecule has 1 unspecified atom stereocenters. The number of hydrogen-bond acceptors (Lipinski definition) is 4. The van der Waals surface area contributed by atoms with Crippen LogP contribution in [0.3, 0.4) is 0 Å². The number of carbonyl (C=O) groups is 1. The van der Waals surface area contributed by atoms with Crippen LogP contribution in [0.1, 0.15) is 26.3 Å². The molecule has 1 aliphatic heterocycles. The predicted molar refractivity (Wildman–Crippen MR) is 95.7 cm³/mol. The first kappa shape index (κ1) is 19.3. The number of benzene rings is 1. The molecule has 0 aliphatic carbocycles. The Kier molecular flexibility index (Phi) is 6.75. The van der Waals surface area contributed by atoms with Gasteiger partial charge in [0.05, 0.1) is 22.8 Å². The maximum Gasteiger partial charge on any atom is 0.407 e. The summed E-state index contributed by atoms with van der Waals surface area (Å²) in [6, 6.07) is 5.66. The summed E-state index contributed by atoms with van der Waals surface area (Å²) in [6.07, 6.45) is -0.484. The fourth-order valence-corrected chi connectivity index (χ4v) is 2.78. The molecule has 134 valence electrons. The van der Waals surface area contributed by atoms with Crippen molar-refractivity contribution in [1.82, 2.24) is 10.2 Å². The Hall–Kier alpha value is -1.01. The van der Waals surface area contributed by atoms with Gasteiger partial charge in [-0.25, -0.2) is 4.79 Å². The molecule has 7 heteroatoms. The molecule has 5 nitrogen and oxygen atoms in total. The Bertz CT molecular complexity index is 575. The molecule has 1 N–H and O–H groups in total. The third-order valence-corrected chi connectivity index (χ3v) is 4.23. The zero-order chi connectivity index (χ0) is 17.7. The summed E-state index contributed by atoms with van der Waals surface area (Å²) in [5.41, 5.74) is 0.599. The van der Waals surface area contributed by atoms with Gasteiger partial charge in [0.2, 0.25) is 0 Å². The van der Waals surface area contributed by atoms with Crippen molar-refractivity contribution in [2.45, 2.75) is 39.0 Å². The Morgan fingerprint density at radius 1 is 1.38 bits per heavy atom. The number of alkyl carbamates (subject to hydrolysis) is 1. The molecule has 0 saturated carbocycles. The van der Waals surface area contributed by atoms with E-state index in [2.05, 4.69) is 10.2 Å². The van der Waals surface area contributed by atoms with Crippen molar-refractivity contribution >= 4 is 29.3 Å². The van der Waals surface area contributed by atoms with E-state index in [9.17, 15) is 4.79 Å². The van der Waals surface area contributed by atoms with E-state index in [1.807, 2.05) is 32.9 Å². The molecule has 1 saturated heterocycles. The zero-order valence-corrected chi connectivity index (χ0v) is 15.8. The Labute approximate surface area is 153 Å². The SMILES string of the molecule is CC(C)(C)OC(=O)NCC1CN(Cc2ccc(Cl)c(Cl)c2)CCO1. The van der Waals surface area contributed by atoms with Gasteiger partial charge in [0.15, 0.2) is 0 Å². The molecule has 0 aromatic heterocycles. The van der Waals surface area contributed by atoms with Crippen LogP contribution in [0.2, 0.25) is 10.0 Å². The molecular formula is C17H24Cl2N2O3. The monoisotopic (exact) mass is 374 g/mol. The summed E-state index contributed by atoms with van der Waals surface area (Å²) in [4.78, 5) is 14.0. The molecule has 1 aromatic carbocycles. The van der Waals surface area contributed by atoms with Crippen LogP contribution in [0.25, 0.3) is 0 Å². The van der Waals surface area contributed by atoms with Gasteiger partial charge in [-0.2, -0.15) is 0 Å². The van der Waals surface area contributed by atoms with Crippen LogP contribution in [0.15, 0.2) is 18.2 Å². The van der Waals surface area contributed by atoms with E-state index in [-0.39, 0.29) is 6.10 Å². The maximum atomic E-state index is 11.7. The molecule has 0 bridgehead atoms. The lowest BCUT2D eigenvalue weighted by atomic mass is 10.2. The van der Waals surface area contributed by atoms with Gasteiger partial charge in [-0.3, -0.25) is 4.90 Å². The van der Waals surface area contributed by atoms with E-state index in [1.165, 1.54) is 0 Å². The van der Waals surface area contributed by atoms with E-state index in [1.54, 1.807) is 6.07 Å². The number of nitrogens with zero attached hydrogens (tertiary/aromatic N) is 1. The molecule has 0 spiro atoms. The van der Waals surface area contributed by atoms with Crippen molar-refractivity contribution in [3.8, 4) is 0 Å². The number of nitrogens with one attached hydrogen (secondary N) is 1. The van der Waals surface area contributed by atoms with Crippen molar-refractivity contribution in [2.75, 3.05) is 26.2 Å². The molecule has 1 fully saturated rings. The van der Waals surface area contributed by atoms with Gasteiger partial charge in [-0.1, -0.05) is 29.3 Å². The summed E-state index contributed by atoms with van der Waals surface area (Å²) in [5.74, 6) is 0. The van der Waals surface area contributed by atoms with Crippen LogP contribution in [-0.4, -0.2) is 48.9 Å². The van der Waals surface area contributed by atoms with Crippen molar-refractivity contribution in [3.05, 3.63) is 33.8 Å². The molecular weight excluding hydrogens is 351 g/mol. The fraction of sp³-hybridized carbons (Fsp3) is 0.588. The number of morpholine rings is 1. The number of rotatable bonds is 4. The fourth-order valence-electron chi connectivity index (χ4n) is 2.46. The first-order chi connectivity index (χ1) is 11.2. The number of amides is 1. The van der Waals surface area contributed by atoms with Crippen LogP contribution >= 0.6 is 23.2 Å². The summed E-state index contributed by atoms with van der Waals surface area (Å²) < 4.78 is 10.9. The molecule has 1 heterocycles. The molecule has 1 aliphatic rings. The van der Waals surface area contributed by atoms with Crippen molar-refractivity contribution < 1.29 is 14.3 Å². The lowest BCUT2D eigenvalue weighted by molar-refractivity contribution is -0.0313. The highest BCUT2D eigenvalue weighted by Crippen LogP contribution is 2.23. The van der Waals surface area contributed by atoms with Gasteiger partial charge in [0.25, 0.3) is 0 Å². The smallest absolute Gasteiger partial charge is 0.407 e.